The van der Waals surface area contributed by atoms with Gasteiger partial charge in [0.05, 0.1) is 11.4 Å². The molecule has 0 atom stereocenters. The van der Waals surface area contributed by atoms with Crippen molar-refractivity contribution >= 4 is 28.8 Å². The van der Waals surface area contributed by atoms with E-state index in [1.807, 2.05) is 29.2 Å². The number of thiazole rings is 1. The van der Waals surface area contributed by atoms with Crippen LogP contribution in [0.2, 0.25) is 5.02 Å². The molecular weight excluding hydrogens is 461 g/mol. The molecule has 1 N–H and O–H groups in total. The summed E-state index contributed by atoms with van der Waals surface area (Å²) in [4.78, 5) is 21.8. The number of rotatable bonds is 5. The van der Waals surface area contributed by atoms with Crippen LogP contribution in [0.5, 0.6) is 0 Å². The summed E-state index contributed by atoms with van der Waals surface area (Å²) in [6.07, 6.45) is 0. The van der Waals surface area contributed by atoms with Gasteiger partial charge in [-0.25, -0.2) is 9.37 Å². The van der Waals surface area contributed by atoms with Gasteiger partial charge in [-0.2, -0.15) is 5.10 Å². The topological polar surface area (TPSA) is 65.1 Å². The monoisotopic (exact) mass is 481 g/mol. The Morgan fingerprint density at radius 2 is 1.73 bits per heavy atom. The molecule has 9 heteroatoms. The number of amides is 1. The number of piperazine rings is 1. The van der Waals surface area contributed by atoms with Gasteiger partial charge in [-0.15, -0.1) is 11.3 Å². The van der Waals surface area contributed by atoms with Crippen molar-refractivity contribution in [3.05, 3.63) is 82.2 Å². The zero-order chi connectivity index (χ0) is 22.8. The molecular formula is C24H21ClFN5OS. The molecule has 6 nitrogen and oxygen atoms in total. The molecule has 4 aromatic rings. The maximum absolute atomic E-state index is 13.1. The third-order valence-electron chi connectivity index (χ3n) is 5.64. The number of aromatic nitrogens is 3. The fraction of sp³-hybridized carbons (Fsp3) is 0.208. The van der Waals surface area contributed by atoms with E-state index in [2.05, 4.69) is 20.5 Å². The molecule has 33 heavy (non-hydrogen) atoms. The Hall–Kier alpha value is -3.07. The van der Waals surface area contributed by atoms with E-state index in [-0.39, 0.29) is 11.7 Å². The number of carbonyl (C=O) groups is 1. The molecule has 0 unspecified atom stereocenters. The molecule has 1 amide bonds. The first-order valence-corrected chi connectivity index (χ1v) is 11.8. The van der Waals surface area contributed by atoms with Gasteiger partial charge in [0, 0.05) is 54.3 Å². The van der Waals surface area contributed by atoms with E-state index >= 15 is 0 Å². The van der Waals surface area contributed by atoms with Crippen molar-refractivity contribution in [3.8, 4) is 21.8 Å². The van der Waals surface area contributed by atoms with Gasteiger partial charge in [0.25, 0.3) is 5.91 Å². The molecule has 0 bridgehead atoms. The second-order valence-electron chi connectivity index (χ2n) is 7.89. The van der Waals surface area contributed by atoms with E-state index in [0.29, 0.717) is 29.5 Å². The number of aromatic amines is 1. The molecule has 1 aliphatic rings. The van der Waals surface area contributed by atoms with Crippen LogP contribution in [-0.4, -0.2) is 57.1 Å². The van der Waals surface area contributed by atoms with Crippen molar-refractivity contribution in [2.24, 2.45) is 0 Å². The van der Waals surface area contributed by atoms with Crippen LogP contribution in [0.4, 0.5) is 4.39 Å². The predicted octanol–water partition coefficient (Wildman–Crippen LogP) is 4.95. The van der Waals surface area contributed by atoms with Crippen molar-refractivity contribution in [1.29, 1.82) is 0 Å². The van der Waals surface area contributed by atoms with E-state index in [4.69, 9.17) is 16.6 Å². The maximum atomic E-state index is 13.1. The van der Waals surface area contributed by atoms with Crippen LogP contribution in [-0.2, 0) is 6.54 Å². The van der Waals surface area contributed by atoms with Crippen molar-refractivity contribution in [1.82, 2.24) is 25.0 Å². The van der Waals surface area contributed by atoms with E-state index < -0.39 is 0 Å². The third-order valence-corrected chi connectivity index (χ3v) is 6.83. The fourth-order valence-corrected chi connectivity index (χ4v) is 4.76. The second-order valence-corrected chi connectivity index (χ2v) is 9.19. The highest BCUT2D eigenvalue weighted by Crippen LogP contribution is 2.26. The van der Waals surface area contributed by atoms with Crippen LogP contribution in [0, 0.1) is 5.82 Å². The Kier molecular flexibility index (Phi) is 6.22. The van der Waals surface area contributed by atoms with Crippen LogP contribution in [0.1, 0.15) is 16.2 Å². The standard InChI is InChI=1S/C24H21ClFN5OS/c25-18-5-1-17(2-6-18)23-27-20(15-33-23)14-30-9-11-31(12-10-30)24(32)22-13-21(28-29-22)16-3-7-19(26)8-4-16/h1-8,13,15H,9-12,14H2,(H,28,29). The van der Waals surface area contributed by atoms with Gasteiger partial charge in [-0.1, -0.05) is 23.7 Å². The number of benzene rings is 2. The summed E-state index contributed by atoms with van der Waals surface area (Å²) in [5.41, 5.74) is 3.91. The first-order valence-electron chi connectivity index (χ1n) is 10.6. The second kappa shape index (κ2) is 9.43. The van der Waals surface area contributed by atoms with Crippen molar-refractivity contribution < 1.29 is 9.18 Å². The Bertz CT molecular complexity index is 1250. The van der Waals surface area contributed by atoms with Crippen LogP contribution >= 0.6 is 22.9 Å². The van der Waals surface area contributed by atoms with E-state index in [0.717, 1.165) is 41.5 Å². The lowest BCUT2D eigenvalue weighted by Crippen LogP contribution is -2.48. The lowest BCUT2D eigenvalue weighted by molar-refractivity contribution is 0.0621. The minimum absolute atomic E-state index is 0.0748. The molecule has 1 fully saturated rings. The number of hydrogen-bond acceptors (Lipinski definition) is 5. The summed E-state index contributed by atoms with van der Waals surface area (Å²) in [7, 11) is 0. The summed E-state index contributed by atoms with van der Waals surface area (Å²) in [5, 5.41) is 10.8. The quantitative estimate of drug-likeness (QED) is 0.438. The summed E-state index contributed by atoms with van der Waals surface area (Å²) in [6.45, 7) is 3.58. The van der Waals surface area contributed by atoms with Crippen LogP contribution in [0.3, 0.4) is 0 Å². The highest BCUT2D eigenvalue weighted by atomic mass is 35.5. The Balaban J connectivity index is 1.16. The minimum Gasteiger partial charge on any atom is -0.335 e. The van der Waals surface area contributed by atoms with Gasteiger partial charge in [0.1, 0.15) is 16.5 Å². The first-order chi connectivity index (χ1) is 16.0. The zero-order valence-electron chi connectivity index (χ0n) is 17.7. The van der Waals surface area contributed by atoms with Gasteiger partial charge in [0.2, 0.25) is 0 Å². The minimum atomic E-state index is -0.303. The van der Waals surface area contributed by atoms with Gasteiger partial charge < -0.3 is 4.90 Å². The number of H-pyrrole nitrogens is 1. The number of carbonyl (C=O) groups excluding carboxylic acids is 1. The molecule has 0 radical (unpaired) electrons. The average molecular weight is 482 g/mol. The van der Waals surface area contributed by atoms with Crippen LogP contribution in [0.25, 0.3) is 21.8 Å². The smallest absolute Gasteiger partial charge is 0.271 e. The summed E-state index contributed by atoms with van der Waals surface area (Å²) in [6, 6.07) is 15.5. The predicted molar refractivity (Wildman–Crippen MR) is 128 cm³/mol. The lowest BCUT2D eigenvalue weighted by Gasteiger charge is -2.34. The van der Waals surface area contributed by atoms with Crippen LogP contribution < -0.4 is 0 Å². The number of nitrogens with zero attached hydrogens (tertiary/aromatic N) is 4. The zero-order valence-corrected chi connectivity index (χ0v) is 19.2. The Morgan fingerprint density at radius 1 is 1.03 bits per heavy atom. The fourth-order valence-electron chi connectivity index (χ4n) is 3.81. The number of halogens is 2. The van der Waals surface area contributed by atoms with Gasteiger partial charge in [-0.3, -0.25) is 14.8 Å². The van der Waals surface area contributed by atoms with Crippen molar-refractivity contribution in [2.75, 3.05) is 26.2 Å². The molecule has 1 saturated heterocycles. The highest BCUT2D eigenvalue weighted by molar-refractivity contribution is 7.13. The summed E-state index contributed by atoms with van der Waals surface area (Å²) >= 11 is 7.59. The van der Waals surface area contributed by atoms with Gasteiger partial charge in [-0.05, 0) is 42.5 Å². The van der Waals surface area contributed by atoms with E-state index in [1.165, 1.54) is 12.1 Å². The molecule has 2 aromatic carbocycles. The normalized spacial score (nSPS) is 14.5. The summed E-state index contributed by atoms with van der Waals surface area (Å²) in [5.74, 6) is -0.378. The van der Waals surface area contributed by atoms with E-state index in [9.17, 15) is 9.18 Å². The molecule has 0 saturated carbocycles. The SMILES string of the molecule is O=C(c1cc(-c2ccc(F)cc2)n[nH]1)N1CCN(Cc2csc(-c3ccc(Cl)cc3)n2)CC1. The third kappa shape index (κ3) is 4.98. The van der Waals surface area contributed by atoms with Crippen LogP contribution in [0.15, 0.2) is 60.0 Å². The molecule has 1 aliphatic heterocycles. The molecule has 3 heterocycles. The Labute approximate surface area is 199 Å². The summed E-state index contributed by atoms with van der Waals surface area (Å²) < 4.78 is 13.1. The molecule has 0 aliphatic carbocycles. The first kappa shape index (κ1) is 21.8. The van der Waals surface area contributed by atoms with Crippen molar-refractivity contribution in [2.45, 2.75) is 6.54 Å². The van der Waals surface area contributed by atoms with Crippen molar-refractivity contribution in [3.63, 3.8) is 0 Å². The molecule has 2 aromatic heterocycles. The lowest BCUT2D eigenvalue weighted by atomic mass is 10.1. The van der Waals surface area contributed by atoms with E-state index in [1.54, 1.807) is 29.5 Å². The molecule has 168 valence electrons. The average Bonchev–Trinajstić information content (AvgIpc) is 3.51. The highest BCUT2D eigenvalue weighted by Gasteiger charge is 2.24. The Morgan fingerprint density at radius 3 is 2.45 bits per heavy atom. The number of nitrogens with one attached hydrogen (secondary N) is 1. The molecule has 0 spiro atoms. The largest absolute Gasteiger partial charge is 0.335 e. The molecule has 5 rings (SSSR count). The number of hydrogen-bond donors (Lipinski definition) is 1. The van der Waals surface area contributed by atoms with Gasteiger partial charge in [0.15, 0.2) is 0 Å². The van der Waals surface area contributed by atoms with Gasteiger partial charge >= 0.3 is 0 Å². The maximum Gasteiger partial charge on any atom is 0.271 e.